The Morgan fingerprint density at radius 3 is 2.93 bits per heavy atom. The molecule has 1 aliphatic carbocycles. The van der Waals surface area contributed by atoms with Crippen LogP contribution in [0, 0.1) is 5.92 Å². The Hall–Kier alpha value is -1.16. The zero-order valence-corrected chi connectivity index (χ0v) is 9.14. The van der Waals surface area contributed by atoms with E-state index in [9.17, 15) is 4.79 Å². The molecule has 0 saturated heterocycles. The molecule has 0 N–H and O–H groups in total. The number of hydrogen-bond donors (Lipinski definition) is 0. The van der Waals surface area contributed by atoms with Crippen LogP contribution in [-0.2, 0) is 11.8 Å². The van der Waals surface area contributed by atoms with Gasteiger partial charge in [-0.3, -0.25) is 9.48 Å². The lowest BCUT2D eigenvalue weighted by molar-refractivity contribution is 0.0366. The first-order valence-corrected chi connectivity index (χ1v) is 5.38. The number of nitrogens with zero attached hydrogens (tertiary/aromatic N) is 2. The first kappa shape index (κ1) is 10.4. The highest BCUT2D eigenvalue weighted by atomic mass is 16.5. The van der Waals surface area contributed by atoms with Gasteiger partial charge in [-0.25, -0.2) is 0 Å². The highest BCUT2D eigenvalue weighted by Crippen LogP contribution is 2.35. The first-order chi connectivity index (χ1) is 7.24. The van der Waals surface area contributed by atoms with Crippen LogP contribution in [0.2, 0.25) is 0 Å². The molecule has 1 aromatic rings. The number of rotatable bonds is 5. The Balaban J connectivity index is 2.14. The number of Topliss-reactive ketones (excluding diaryl/α,β-unsaturated/α-hetero) is 1. The number of aryl methyl sites for hydroxylation is 1. The second-order valence-electron chi connectivity index (χ2n) is 3.92. The second-order valence-corrected chi connectivity index (χ2v) is 3.92. The average Bonchev–Trinajstić information content (AvgIpc) is 2.97. The lowest BCUT2D eigenvalue weighted by Gasteiger charge is -2.14. The average molecular weight is 208 g/mol. The number of ether oxygens (including phenoxy) is 1. The molecule has 1 aliphatic rings. The smallest absolute Gasteiger partial charge is 0.209 e. The van der Waals surface area contributed by atoms with Crippen LogP contribution in [-0.4, -0.2) is 28.3 Å². The molecule has 0 aliphatic heterocycles. The van der Waals surface area contributed by atoms with Crippen molar-refractivity contribution in [2.75, 3.05) is 6.61 Å². The topological polar surface area (TPSA) is 44.1 Å². The normalized spacial score (nSPS) is 17.7. The highest BCUT2D eigenvalue weighted by Gasteiger charge is 2.37. The van der Waals surface area contributed by atoms with Crippen molar-refractivity contribution in [1.29, 1.82) is 0 Å². The van der Waals surface area contributed by atoms with Crippen LogP contribution in [0.4, 0.5) is 0 Å². The molecule has 15 heavy (non-hydrogen) atoms. The Bertz CT molecular complexity index is 355. The van der Waals surface area contributed by atoms with Crippen molar-refractivity contribution in [1.82, 2.24) is 9.78 Å². The maximum absolute atomic E-state index is 12.1. The fourth-order valence-corrected chi connectivity index (χ4v) is 1.77. The predicted molar refractivity (Wildman–Crippen MR) is 55.7 cm³/mol. The van der Waals surface area contributed by atoms with Crippen molar-refractivity contribution in [2.45, 2.75) is 25.9 Å². The van der Waals surface area contributed by atoms with Gasteiger partial charge in [-0.05, 0) is 31.7 Å². The van der Waals surface area contributed by atoms with Crippen LogP contribution >= 0.6 is 0 Å². The summed E-state index contributed by atoms with van der Waals surface area (Å²) in [6.07, 6.45) is 3.59. The summed E-state index contributed by atoms with van der Waals surface area (Å²) >= 11 is 0. The molecule has 1 saturated carbocycles. The minimum absolute atomic E-state index is 0.0688. The molecule has 4 heteroatoms. The lowest BCUT2D eigenvalue weighted by Crippen LogP contribution is -2.28. The van der Waals surface area contributed by atoms with Gasteiger partial charge in [-0.15, -0.1) is 0 Å². The molecule has 1 atom stereocenters. The van der Waals surface area contributed by atoms with Crippen LogP contribution in [0.5, 0.6) is 0 Å². The van der Waals surface area contributed by atoms with Gasteiger partial charge in [-0.2, -0.15) is 5.10 Å². The molecule has 1 aromatic heterocycles. The number of carbonyl (C=O) groups is 1. The number of ketones is 1. The number of carbonyl (C=O) groups excluding carboxylic acids is 1. The molecular formula is C11H16N2O2. The zero-order chi connectivity index (χ0) is 10.8. The Morgan fingerprint density at radius 2 is 2.47 bits per heavy atom. The summed E-state index contributed by atoms with van der Waals surface area (Å²) in [5.74, 6) is 0.492. The first-order valence-electron chi connectivity index (χ1n) is 5.38. The van der Waals surface area contributed by atoms with E-state index in [2.05, 4.69) is 5.10 Å². The van der Waals surface area contributed by atoms with Gasteiger partial charge in [0, 0.05) is 19.9 Å². The molecule has 1 fully saturated rings. The summed E-state index contributed by atoms with van der Waals surface area (Å²) < 4.78 is 7.12. The number of aromatic nitrogens is 2. The van der Waals surface area contributed by atoms with Crippen LogP contribution in [0.1, 0.15) is 30.3 Å². The van der Waals surface area contributed by atoms with Gasteiger partial charge in [0.15, 0.2) is 0 Å². The number of hydrogen-bond acceptors (Lipinski definition) is 3. The van der Waals surface area contributed by atoms with E-state index in [-0.39, 0.29) is 11.9 Å². The Morgan fingerprint density at radius 1 is 1.73 bits per heavy atom. The fraction of sp³-hybridized carbons (Fsp3) is 0.636. The minimum atomic E-state index is -0.259. The summed E-state index contributed by atoms with van der Waals surface area (Å²) in [5, 5.41) is 4.00. The summed E-state index contributed by atoms with van der Waals surface area (Å²) in [7, 11) is 1.78. The lowest BCUT2D eigenvalue weighted by atomic mass is 10.1. The van der Waals surface area contributed by atoms with Crippen molar-refractivity contribution >= 4 is 5.78 Å². The summed E-state index contributed by atoms with van der Waals surface area (Å²) in [6, 6.07) is 1.75. The summed E-state index contributed by atoms with van der Waals surface area (Å²) in [5.41, 5.74) is 0.639. The Labute approximate surface area is 89.2 Å². The SMILES string of the molecule is CCOC(C(=O)c1ccnn1C)C1CC1. The van der Waals surface area contributed by atoms with E-state index in [1.54, 1.807) is 24.0 Å². The Kier molecular flexibility index (Phi) is 2.86. The second kappa shape index (κ2) is 4.14. The van der Waals surface area contributed by atoms with Gasteiger partial charge in [0.05, 0.1) is 0 Å². The largest absolute Gasteiger partial charge is 0.370 e. The molecule has 1 unspecified atom stereocenters. The summed E-state index contributed by atoms with van der Waals surface area (Å²) in [6.45, 7) is 2.51. The van der Waals surface area contributed by atoms with E-state index in [4.69, 9.17) is 4.74 Å². The van der Waals surface area contributed by atoms with Crippen molar-refractivity contribution in [3.8, 4) is 0 Å². The molecule has 82 valence electrons. The van der Waals surface area contributed by atoms with E-state index >= 15 is 0 Å². The van der Waals surface area contributed by atoms with Gasteiger partial charge in [0.25, 0.3) is 0 Å². The molecule has 0 bridgehead atoms. The predicted octanol–water partition coefficient (Wildman–Crippen LogP) is 1.42. The molecule has 0 spiro atoms. The van der Waals surface area contributed by atoms with Crippen LogP contribution in [0.25, 0.3) is 0 Å². The molecule has 0 amide bonds. The molecular weight excluding hydrogens is 192 g/mol. The van der Waals surface area contributed by atoms with Crippen LogP contribution in [0.15, 0.2) is 12.3 Å². The van der Waals surface area contributed by atoms with Gasteiger partial charge in [-0.1, -0.05) is 0 Å². The zero-order valence-electron chi connectivity index (χ0n) is 9.14. The highest BCUT2D eigenvalue weighted by molar-refractivity contribution is 5.98. The van der Waals surface area contributed by atoms with Crippen molar-refractivity contribution in [3.05, 3.63) is 18.0 Å². The minimum Gasteiger partial charge on any atom is -0.370 e. The van der Waals surface area contributed by atoms with E-state index in [0.29, 0.717) is 18.2 Å². The van der Waals surface area contributed by atoms with Crippen molar-refractivity contribution < 1.29 is 9.53 Å². The quantitative estimate of drug-likeness (QED) is 0.687. The van der Waals surface area contributed by atoms with Crippen LogP contribution < -0.4 is 0 Å². The molecule has 1 heterocycles. The maximum Gasteiger partial charge on any atom is 0.209 e. The van der Waals surface area contributed by atoms with E-state index < -0.39 is 0 Å². The van der Waals surface area contributed by atoms with Gasteiger partial charge >= 0.3 is 0 Å². The third kappa shape index (κ3) is 2.09. The monoisotopic (exact) mass is 208 g/mol. The van der Waals surface area contributed by atoms with Crippen molar-refractivity contribution in [2.24, 2.45) is 13.0 Å². The van der Waals surface area contributed by atoms with E-state index in [1.165, 1.54) is 0 Å². The molecule has 2 rings (SSSR count). The van der Waals surface area contributed by atoms with Crippen LogP contribution in [0.3, 0.4) is 0 Å². The molecule has 0 radical (unpaired) electrons. The third-order valence-electron chi connectivity index (χ3n) is 2.73. The fourth-order valence-electron chi connectivity index (χ4n) is 1.77. The van der Waals surface area contributed by atoms with Gasteiger partial charge in [0.1, 0.15) is 11.8 Å². The van der Waals surface area contributed by atoms with Gasteiger partial charge < -0.3 is 4.74 Å². The van der Waals surface area contributed by atoms with E-state index in [1.807, 2.05) is 6.92 Å². The van der Waals surface area contributed by atoms with E-state index in [0.717, 1.165) is 12.8 Å². The van der Waals surface area contributed by atoms with Crippen molar-refractivity contribution in [3.63, 3.8) is 0 Å². The molecule has 0 aromatic carbocycles. The van der Waals surface area contributed by atoms with Gasteiger partial charge in [0.2, 0.25) is 5.78 Å². The maximum atomic E-state index is 12.1. The standard InChI is InChI=1S/C11H16N2O2/c1-3-15-11(8-4-5-8)10(14)9-6-7-12-13(9)2/h6-8,11H,3-5H2,1-2H3. The summed E-state index contributed by atoms with van der Waals surface area (Å²) in [4.78, 5) is 12.1. The molecule has 4 nitrogen and oxygen atoms in total. The third-order valence-corrected chi connectivity index (χ3v) is 2.73.